The summed E-state index contributed by atoms with van der Waals surface area (Å²) in [6.07, 6.45) is -0.717. The molecule has 0 aromatic heterocycles. The van der Waals surface area contributed by atoms with Crippen LogP contribution in [0.5, 0.6) is 11.5 Å². The molecule has 194 valence electrons. The van der Waals surface area contributed by atoms with Gasteiger partial charge in [0.1, 0.15) is 49.1 Å². The number of hydrogen-bond donors (Lipinski definition) is 4. The molecule has 0 aliphatic rings. The first-order valence-corrected chi connectivity index (χ1v) is 10.9. The smallest absolute Gasteiger partial charge is 0.330 e. The lowest BCUT2D eigenvalue weighted by atomic mass is 10.0. The molecule has 2 aromatic carbocycles. The number of ether oxygens (including phenoxy) is 4. The summed E-state index contributed by atoms with van der Waals surface area (Å²) in [7, 11) is 2.56. The lowest BCUT2D eigenvalue weighted by Crippen LogP contribution is -2.48. The summed E-state index contributed by atoms with van der Waals surface area (Å²) in [6, 6.07) is 13.1. The first-order chi connectivity index (χ1) is 17.2. The second-order valence-electron chi connectivity index (χ2n) is 7.59. The van der Waals surface area contributed by atoms with Crippen molar-refractivity contribution in [1.29, 1.82) is 0 Å². The SMILES string of the molecule is COC(=O)/C=C/c1ccc(OC[C@@H](O)[C@H](O)[C@H](O)[C@@H](O)COc2ccc(/C=C/C(=O)OC)cc2)cc1. The summed E-state index contributed by atoms with van der Waals surface area (Å²) < 4.78 is 19.9. The number of rotatable bonds is 13. The Morgan fingerprint density at radius 2 is 1.00 bits per heavy atom. The molecule has 2 rings (SSSR count). The molecule has 0 saturated carbocycles. The molecule has 4 N–H and O–H groups in total. The van der Waals surface area contributed by atoms with E-state index in [4.69, 9.17) is 9.47 Å². The zero-order valence-corrected chi connectivity index (χ0v) is 19.9. The molecule has 0 aliphatic heterocycles. The number of aliphatic hydroxyl groups is 4. The minimum absolute atomic E-state index is 0.344. The number of hydrogen-bond acceptors (Lipinski definition) is 10. The van der Waals surface area contributed by atoms with Crippen LogP contribution in [0.4, 0.5) is 0 Å². The number of methoxy groups -OCH3 is 2. The largest absolute Gasteiger partial charge is 0.491 e. The second kappa shape index (κ2) is 14.6. The molecule has 0 unspecified atom stereocenters. The van der Waals surface area contributed by atoms with Gasteiger partial charge < -0.3 is 39.4 Å². The molecule has 0 aliphatic carbocycles. The van der Waals surface area contributed by atoms with E-state index in [2.05, 4.69) is 9.47 Å². The van der Waals surface area contributed by atoms with Crippen molar-refractivity contribution < 1.29 is 49.0 Å². The molecular formula is C26H30O10. The average molecular weight is 503 g/mol. The van der Waals surface area contributed by atoms with Gasteiger partial charge in [-0.1, -0.05) is 24.3 Å². The molecule has 0 radical (unpaired) electrons. The van der Waals surface area contributed by atoms with Gasteiger partial charge in [-0.15, -0.1) is 0 Å². The van der Waals surface area contributed by atoms with Crippen LogP contribution in [0.25, 0.3) is 12.2 Å². The van der Waals surface area contributed by atoms with Crippen LogP contribution >= 0.6 is 0 Å². The van der Waals surface area contributed by atoms with Crippen LogP contribution in [0.2, 0.25) is 0 Å². The minimum Gasteiger partial charge on any atom is -0.491 e. The van der Waals surface area contributed by atoms with E-state index in [0.29, 0.717) is 11.5 Å². The summed E-state index contributed by atoms with van der Waals surface area (Å²) in [5.74, 6) is -0.192. The standard InChI is InChI=1S/C26H30O10/c1-33-23(29)13-7-17-3-9-19(10-4-17)35-15-21(27)25(31)26(32)22(28)16-36-20-11-5-18(6-12-20)8-14-24(30)34-2/h3-14,21-22,25-28,31-32H,15-16H2,1-2H3/b13-7+,14-8+/t21-,22+,25+,26-. The highest BCUT2D eigenvalue weighted by molar-refractivity contribution is 5.87. The Morgan fingerprint density at radius 3 is 1.31 bits per heavy atom. The third-order valence-corrected chi connectivity index (χ3v) is 4.97. The fraction of sp³-hybridized carbons (Fsp3) is 0.308. The van der Waals surface area contributed by atoms with Crippen LogP contribution in [0.3, 0.4) is 0 Å². The fourth-order valence-corrected chi connectivity index (χ4v) is 2.83. The van der Waals surface area contributed by atoms with Crippen molar-refractivity contribution in [3.8, 4) is 11.5 Å². The van der Waals surface area contributed by atoms with Gasteiger partial charge in [-0.2, -0.15) is 0 Å². The minimum atomic E-state index is -1.70. The number of aliphatic hydroxyl groups excluding tert-OH is 4. The maximum Gasteiger partial charge on any atom is 0.330 e. The summed E-state index contributed by atoms with van der Waals surface area (Å²) in [6.45, 7) is -0.687. The number of benzene rings is 2. The molecule has 4 atom stereocenters. The van der Waals surface area contributed by atoms with Crippen LogP contribution < -0.4 is 9.47 Å². The number of carbonyl (C=O) groups excluding carboxylic acids is 2. The average Bonchev–Trinajstić information content (AvgIpc) is 2.91. The predicted octanol–water partition coefficient (Wildman–Crippen LogP) is 0.960. The maximum absolute atomic E-state index is 11.1. The van der Waals surface area contributed by atoms with Crippen molar-refractivity contribution in [2.24, 2.45) is 0 Å². The Bertz CT molecular complexity index is 931. The Hall–Kier alpha value is -3.70. The highest BCUT2D eigenvalue weighted by atomic mass is 16.5. The van der Waals surface area contributed by atoms with E-state index in [-0.39, 0.29) is 13.2 Å². The van der Waals surface area contributed by atoms with Gasteiger partial charge in [0.15, 0.2) is 0 Å². The molecular weight excluding hydrogens is 472 g/mol. The third-order valence-electron chi connectivity index (χ3n) is 4.97. The van der Waals surface area contributed by atoms with Crippen molar-refractivity contribution in [3.05, 3.63) is 71.8 Å². The van der Waals surface area contributed by atoms with Crippen molar-refractivity contribution in [1.82, 2.24) is 0 Å². The van der Waals surface area contributed by atoms with Crippen LogP contribution in [-0.4, -0.2) is 84.2 Å². The first-order valence-electron chi connectivity index (χ1n) is 10.9. The van der Waals surface area contributed by atoms with E-state index in [9.17, 15) is 30.0 Å². The summed E-state index contributed by atoms with van der Waals surface area (Å²) in [4.78, 5) is 22.2. The normalized spacial score (nSPS) is 14.7. The molecule has 0 saturated heterocycles. The molecule has 10 nitrogen and oxygen atoms in total. The van der Waals surface area contributed by atoms with Crippen molar-refractivity contribution in [3.63, 3.8) is 0 Å². The molecule has 36 heavy (non-hydrogen) atoms. The third kappa shape index (κ3) is 9.51. The Kier molecular flexibility index (Phi) is 11.6. The fourth-order valence-electron chi connectivity index (χ4n) is 2.83. The number of carbonyl (C=O) groups is 2. The first kappa shape index (κ1) is 28.5. The maximum atomic E-state index is 11.1. The van der Waals surface area contributed by atoms with E-state index in [1.807, 2.05) is 0 Å². The van der Waals surface area contributed by atoms with Crippen molar-refractivity contribution >= 4 is 24.1 Å². The Balaban J connectivity index is 1.79. The van der Waals surface area contributed by atoms with Gasteiger partial charge in [0.25, 0.3) is 0 Å². The van der Waals surface area contributed by atoms with E-state index >= 15 is 0 Å². The van der Waals surface area contributed by atoms with Gasteiger partial charge >= 0.3 is 11.9 Å². The highest BCUT2D eigenvalue weighted by Gasteiger charge is 2.31. The van der Waals surface area contributed by atoms with Crippen LogP contribution in [-0.2, 0) is 19.1 Å². The van der Waals surface area contributed by atoms with Gasteiger partial charge in [-0.3, -0.25) is 0 Å². The van der Waals surface area contributed by atoms with Crippen molar-refractivity contribution in [2.75, 3.05) is 27.4 Å². The Morgan fingerprint density at radius 1 is 0.667 bits per heavy atom. The van der Waals surface area contributed by atoms with Gasteiger partial charge in [0.2, 0.25) is 0 Å². The topological polar surface area (TPSA) is 152 Å². The van der Waals surface area contributed by atoms with Gasteiger partial charge in [-0.05, 0) is 47.5 Å². The van der Waals surface area contributed by atoms with E-state index < -0.39 is 36.4 Å². The molecule has 0 fully saturated rings. The van der Waals surface area contributed by atoms with Crippen LogP contribution in [0.1, 0.15) is 11.1 Å². The van der Waals surface area contributed by atoms with Crippen molar-refractivity contribution in [2.45, 2.75) is 24.4 Å². The van der Waals surface area contributed by atoms with E-state index in [0.717, 1.165) is 11.1 Å². The molecule has 2 aromatic rings. The van der Waals surface area contributed by atoms with Crippen LogP contribution in [0.15, 0.2) is 60.7 Å². The lowest BCUT2D eigenvalue weighted by molar-refractivity contribution is -0.135. The summed E-state index contributed by atoms with van der Waals surface area (Å²) >= 11 is 0. The molecule has 0 amide bonds. The van der Waals surface area contributed by atoms with E-state index in [1.165, 1.54) is 26.4 Å². The van der Waals surface area contributed by atoms with Gasteiger partial charge in [0.05, 0.1) is 14.2 Å². The molecule has 10 heteroatoms. The van der Waals surface area contributed by atoms with Crippen LogP contribution in [0, 0.1) is 0 Å². The zero-order valence-electron chi connectivity index (χ0n) is 19.9. The number of esters is 2. The zero-order chi connectivity index (χ0) is 26.5. The highest BCUT2D eigenvalue weighted by Crippen LogP contribution is 2.16. The lowest BCUT2D eigenvalue weighted by Gasteiger charge is -2.26. The summed E-state index contributed by atoms with van der Waals surface area (Å²) in [5, 5.41) is 40.7. The Labute approximate surface area is 208 Å². The van der Waals surface area contributed by atoms with E-state index in [1.54, 1.807) is 60.7 Å². The summed E-state index contributed by atoms with van der Waals surface area (Å²) in [5.41, 5.74) is 1.44. The molecule has 0 heterocycles. The van der Waals surface area contributed by atoms with Gasteiger partial charge in [-0.25, -0.2) is 9.59 Å². The monoisotopic (exact) mass is 502 g/mol. The predicted molar refractivity (Wildman–Crippen MR) is 130 cm³/mol. The molecule has 0 bridgehead atoms. The van der Waals surface area contributed by atoms with Gasteiger partial charge in [0, 0.05) is 12.2 Å². The quantitative estimate of drug-likeness (QED) is 0.230. The molecule has 0 spiro atoms. The second-order valence-corrected chi connectivity index (χ2v) is 7.59.